The molecule has 20 heavy (non-hydrogen) atoms. The fraction of sp³-hybridized carbons (Fsp3) is 0.0714. The summed E-state index contributed by atoms with van der Waals surface area (Å²) in [6.45, 7) is 0.207. The van der Waals surface area contributed by atoms with Gasteiger partial charge in [-0.3, -0.25) is 4.79 Å². The number of ether oxygens (including phenoxy) is 1. The Bertz CT molecular complexity index is 656. The largest absolute Gasteiger partial charge is 0.487 e. The molecule has 6 heteroatoms. The molecule has 0 fully saturated rings. The van der Waals surface area contributed by atoms with Crippen molar-refractivity contribution in [3.8, 4) is 5.75 Å². The lowest BCUT2D eigenvalue weighted by Crippen LogP contribution is -1.99. The minimum absolute atomic E-state index is 0.207. The first-order valence-electron chi connectivity index (χ1n) is 5.52. The van der Waals surface area contributed by atoms with Gasteiger partial charge in [-0.05, 0) is 29.8 Å². The van der Waals surface area contributed by atoms with Crippen LogP contribution in [0.1, 0.15) is 15.9 Å². The first-order valence-corrected chi connectivity index (χ1v) is 7.03. The third-order valence-corrected chi connectivity index (χ3v) is 3.77. The van der Waals surface area contributed by atoms with Crippen LogP contribution in [0.4, 0.5) is 0 Å². The predicted molar refractivity (Wildman–Crippen MR) is 82.6 cm³/mol. The molecule has 2 nitrogen and oxygen atoms in total. The minimum atomic E-state index is 0.207. The quantitative estimate of drug-likeness (QED) is 0.662. The Morgan fingerprint density at radius 2 is 1.70 bits per heavy atom. The fourth-order valence-electron chi connectivity index (χ4n) is 1.60. The number of carbonyl (C=O) groups is 1. The smallest absolute Gasteiger partial charge is 0.153 e. The van der Waals surface area contributed by atoms with Gasteiger partial charge in [0.2, 0.25) is 0 Å². The number of hydrogen-bond donors (Lipinski definition) is 0. The highest BCUT2D eigenvalue weighted by Crippen LogP contribution is 2.32. The number of hydrogen-bond acceptors (Lipinski definition) is 2. The fourth-order valence-corrected chi connectivity index (χ4v) is 2.49. The summed E-state index contributed by atoms with van der Waals surface area (Å²) in [5.41, 5.74) is 1.10. The molecule has 0 aliphatic carbocycles. The highest BCUT2D eigenvalue weighted by Gasteiger charge is 2.11. The highest BCUT2D eigenvalue weighted by atomic mass is 35.5. The average Bonchev–Trinajstić information content (AvgIpc) is 2.40. The van der Waals surface area contributed by atoms with E-state index in [4.69, 9.17) is 51.1 Å². The van der Waals surface area contributed by atoms with Crippen LogP contribution in [0.25, 0.3) is 0 Å². The maximum Gasteiger partial charge on any atom is 0.153 e. The van der Waals surface area contributed by atoms with E-state index in [0.717, 1.165) is 5.56 Å². The van der Waals surface area contributed by atoms with E-state index in [9.17, 15) is 4.79 Å². The molecule has 0 amide bonds. The van der Waals surface area contributed by atoms with Crippen molar-refractivity contribution in [3.05, 3.63) is 61.5 Å². The SMILES string of the molecule is O=Cc1cc(Cl)cc(Cl)c1OCc1ccc(Cl)c(Cl)c1. The van der Waals surface area contributed by atoms with Gasteiger partial charge in [0.05, 0.1) is 20.6 Å². The lowest BCUT2D eigenvalue weighted by molar-refractivity contribution is 0.111. The van der Waals surface area contributed by atoms with Crippen LogP contribution < -0.4 is 4.74 Å². The molecule has 0 saturated carbocycles. The van der Waals surface area contributed by atoms with Crippen molar-refractivity contribution >= 4 is 52.7 Å². The van der Waals surface area contributed by atoms with Gasteiger partial charge >= 0.3 is 0 Å². The first-order chi connectivity index (χ1) is 9.51. The van der Waals surface area contributed by atoms with E-state index in [1.165, 1.54) is 12.1 Å². The Hall–Kier alpha value is -0.930. The Morgan fingerprint density at radius 1 is 0.950 bits per heavy atom. The first kappa shape index (κ1) is 15.5. The van der Waals surface area contributed by atoms with E-state index in [0.29, 0.717) is 26.9 Å². The van der Waals surface area contributed by atoms with Crippen LogP contribution in [-0.2, 0) is 6.61 Å². The van der Waals surface area contributed by atoms with Crippen LogP contribution in [0, 0.1) is 0 Å². The van der Waals surface area contributed by atoms with Crippen molar-refractivity contribution in [1.82, 2.24) is 0 Å². The van der Waals surface area contributed by atoms with Gasteiger partial charge in [-0.25, -0.2) is 0 Å². The van der Waals surface area contributed by atoms with E-state index < -0.39 is 0 Å². The van der Waals surface area contributed by atoms with E-state index in [2.05, 4.69) is 0 Å². The molecule has 0 aliphatic rings. The van der Waals surface area contributed by atoms with E-state index in [1.54, 1.807) is 18.2 Å². The summed E-state index contributed by atoms with van der Waals surface area (Å²) in [7, 11) is 0. The molecule has 0 heterocycles. The van der Waals surface area contributed by atoms with Gasteiger partial charge in [0.15, 0.2) is 6.29 Å². The number of halogens is 4. The van der Waals surface area contributed by atoms with Gasteiger partial charge in [0.25, 0.3) is 0 Å². The molecule has 104 valence electrons. The molecule has 2 rings (SSSR count). The van der Waals surface area contributed by atoms with Crippen LogP contribution in [-0.4, -0.2) is 6.29 Å². The van der Waals surface area contributed by atoms with E-state index in [1.807, 2.05) is 0 Å². The highest BCUT2D eigenvalue weighted by molar-refractivity contribution is 6.42. The topological polar surface area (TPSA) is 26.3 Å². The molecule has 0 bridgehead atoms. The number of rotatable bonds is 4. The predicted octanol–water partition coefficient (Wildman–Crippen LogP) is 5.69. The van der Waals surface area contributed by atoms with Crippen LogP contribution >= 0.6 is 46.4 Å². The third-order valence-electron chi connectivity index (χ3n) is 2.53. The second-order valence-corrected chi connectivity index (χ2v) is 5.62. The zero-order valence-electron chi connectivity index (χ0n) is 10.00. The Morgan fingerprint density at radius 3 is 2.35 bits per heavy atom. The van der Waals surface area contributed by atoms with Crippen LogP contribution in [0.5, 0.6) is 5.75 Å². The van der Waals surface area contributed by atoms with Gasteiger partial charge in [-0.15, -0.1) is 0 Å². The maximum absolute atomic E-state index is 11.0. The van der Waals surface area contributed by atoms with Crippen LogP contribution in [0.15, 0.2) is 30.3 Å². The third kappa shape index (κ3) is 3.58. The molecule has 0 saturated heterocycles. The number of carbonyl (C=O) groups excluding carboxylic acids is 1. The van der Waals surface area contributed by atoms with Crippen molar-refractivity contribution < 1.29 is 9.53 Å². The van der Waals surface area contributed by atoms with Gasteiger partial charge in [0.1, 0.15) is 12.4 Å². The Balaban J connectivity index is 2.22. The Labute approximate surface area is 136 Å². The lowest BCUT2D eigenvalue weighted by Gasteiger charge is -2.11. The van der Waals surface area contributed by atoms with Crippen molar-refractivity contribution in [2.24, 2.45) is 0 Å². The molecular formula is C14H8Cl4O2. The number of aldehydes is 1. The molecule has 2 aromatic rings. The second kappa shape index (κ2) is 6.68. The summed E-state index contributed by atoms with van der Waals surface area (Å²) < 4.78 is 5.57. The van der Waals surface area contributed by atoms with Crippen molar-refractivity contribution in [2.75, 3.05) is 0 Å². The summed E-state index contributed by atoms with van der Waals surface area (Å²) in [6, 6.07) is 8.14. The van der Waals surface area contributed by atoms with Gasteiger partial charge in [-0.1, -0.05) is 52.5 Å². The summed E-state index contributed by atoms with van der Waals surface area (Å²) in [6.07, 6.45) is 0.641. The van der Waals surface area contributed by atoms with Crippen molar-refractivity contribution in [1.29, 1.82) is 0 Å². The molecule has 0 spiro atoms. The zero-order valence-corrected chi connectivity index (χ0v) is 13.0. The summed E-state index contributed by atoms with van der Waals surface area (Å²) in [5, 5.41) is 1.55. The Kier molecular flexibility index (Phi) is 5.17. The van der Waals surface area contributed by atoms with Gasteiger partial charge in [0, 0.05) is 5.02 Å². The van der Waals surface area contributed by atoms with E-state index in [-0.39, 0.29) is 17.4 Å². The van der Waals surface area contributed by atoms with Crippen molar-refractivity contribution in [2.45, 2.75) is 6.61 Å². The molecule has 0 N–H and O–H groups in total. The molecule has 2 aromatic carbocycles. The van der Waals surface area contributed by atoms with Gasteiger partial charge in [-0.2, -0.15) is 0 Å². The minimum Gasteiger partial charge on any atom is -0.487 e. The summed E-state index contributed by atoms with van der Waals surface area (Å²) >= 11 is 23.6. The summed E-state index contributed by atoms with van der Waals surface area (Å²) in [4.78, 5) is 11.0. The second-order valence-electron chi connectivity index (χ2n) is 3.96. The van der Waals surface area contributed by atoms with Crippen LogP contribution in [0.2, 0.25) is 20.1 Å². The number of benzene rings is 2. The molecular weight excluding hydrogens is 342 g/mol. The molecule has 0 unspecified atom stereocenters. The van der Waals surface area contributed by atoms with Gasteiger partial charge < -0.3 is 4.74 Å². The molecule has 0 aliphatic heterocycles. The maximum atomic E-state index is 11.0. The lowest BCUT2D eigenvalue weighted by atomic mass is 10.2. The standard InChI is InChI=1S/C14H8Cl4O2/c15-10-4-9(6-19)14(13(18)5-10)20-7-8-1-2-11(16)12(17)3-8/h1-6H,7H2. The van der Waals surface area contributed by atoms with E-state index >= 15 is 0 Å². The zero-order chi connectivity index (χ0) is 14.7. The molecule has 0 atom stereocenters. The monoisotopic (exact) mass is 348 g/mol. The molecule has 0 radical (unpaired) electrons. The average molecular weight is 350 g/mol. The van der Waals surface area contributed by atoms with Crippen LogP contribution in [0.3, 0.4) is 0 Å². The van der Waals surface area contributed by atoms with Crippen molar-refractivity contribution in [3.63, 3.8) is 0 Å². The normalized spacial score (nSPS) is 10.4. The molecule has 0 aromatic heterocycles. The summed E-state index contributed by atoms with van der Waals surface area (Å²) in [5.74, 6) is 0.289.